The van der Waals surface area contributed by atoms with E-state index in [0.717, 1.165) is 44.0 Å². The van der Waals surface area contributed by atoms with Crippen LogP contribution < -0.4 is 0 Å². The number of hydrogen-bond acceptors (Lipinski definition) is 5. The number of piperazine rings is 1. The SMILES string of the molecule is O=CBN1CCN(Cc2ccc(F)c([N+](=O)[O-])c2)CC1. The second-order valence-electron chi connectivity index (χ2n) is 4.79. The maximum Gasteiger partial charge on any atom is 0.305 e. The molecule has 0 spiro atoms. The molecule has 0 saturated carbocycles. The first kappa shape index (κ1) is 14.6. The van der Waals surface area contributed by atoms with Gasteiger partial charge in [0.15, 0.2) is 0 Å². The molecule has 1 saturated heterocycles. The molecular weight excluding hydrogens is 264 g/mol. The van der Waals surface area contributed by atoms with Gasteiger partial charge in [0.25, 0.3) is 7.41 Å². The second kappa shape index (κ2) is 6.58. The van der Waals surface area contributed by atoms with Gasteiger partial charge in [0.1, 0.15) is 0 Å². The Morgan fingerprint density at radius 2 is 2.05 bits per heavy atom. The van der Waals surface area contributed by atoms with Gasteiger partial charge in [-0.15, -0.1) is 0 Å². The summed E-state index contributed by atoms with van der Waals surface area (Å²) in [6, 6.07) is 3.99. The Labute approximate surface area is 116 Å². The molecule has 1 heterocycles. The number of halogens is 1. The fourth-order valence-electron chi connectivity index (χ4n) is 2.29. The zero-order valence-electron chi connectivity index (χ0n) is 11.0. The van der Waals surface area contributed by atoms with E-state index in [-0.39, 0.29) is 0 Å². The van der Waals surface area contributed by atoms with Crippen molar-refractivity contribution >= 4 is 19.3 Å². The van der Waals surface area contributed by atoms with Crippen LogP contribution in [0.15, 0.2) is 18.2 Å². The molecular formula is C12H15BFN3O3. The molecule has 0 bridgehead atoms. The molecule has 0 atom stereocenters. The number of rotatable bonds is 5. The van der Waals surface area contributed by atoms with E-state index in [0.29, 0.717) is 14.0 Å². The van der Waals surface area contributed by atoms with Gasteiger partial charge in [-0.2, -0.15) is 4.39 Å². The van der Waals surface area contributed by atoms with Crippen LogP contribution in [0.3, 0.4) is 0 Å². The molecule has 0 radical (unpaired) electrons. The molecule has 1 aliphatic rings. The van der Waals surface area contributed by atoms with Gasteiger partial charge >= 0.3 is 5.69 Å². The van der Waals surface area contributed by atoms with E-state index < -0.39 is 16.4 Å². The largest absolute Gasteiger partial charge is 0.336 e. The maximum absolute atomic E-state index is 13.2. The van der Waals surface area contributed by atoms with E-state index in [2.05, 4.69) is 9.71 Å². The topological polar surface area (TPSA) is 66.7 Å². The average molecular weight is 279 g/mol. The molecule has 2 rings (SSSR count). The Hall–Kier alpha value is -1.80. The van der Waals surface area contributed by atoms with Crippen LogP contribution in [-0.4, -0.2) is 54.4 Å². The van der Waals surface area contributed by atoms with E-state index >= 15 is 0 Å². The fourth-order valence-corrected chi connectivity index (χ4v) is 2.29. The molecule has 1 fully saturated rings. The Kier molecular flexibility index (Phi) is 4.81. The predicted octanol–water partition coefficient (Wildman–Crippen LogP) is 0.393. The zero-order valence-corrected chi connectivity index (χ0v) is 11.0. The number of benzene rings is 1. The van der Waals surface area contributed by atoms with Crippen LogP contribution >= 0.6 is 0 Å². The maximum atomic E-state index is 13.2. The van der Waals surface area contributed by atoms with Crippen molar-refractivity contribution in [1.82, 2.24) is 9.71 Å². The lowest BCUT2D eigenvalue weighted by Gasteiger charge is -2.33. The van der Waals surface area contributed by atoms with Gasteiger partial charge in [-0.1, -0.05) is 6.07 Å². The Bertz CT molecular complexity index is 507. The molecule has 0 unspecified atom stereocenters. The van der Waals surface area contributed by atoms with Crippen molar-refractivity contribution in [2.24, 2.45) is 0 Å². The quantitative estimate of drug-likeness (QED) is 0.337. The Morgan fingerprint density at radius 1 is 1.35 bits per heavy atom. The highest BCUT2D eigenvalue weighted by molar-refractivity contribution is 6.64. The number of nitrogens with zero attached hydrogens (tertiary/aromatic N) is 3. The molecule has 8 heteroatoms. The molecule has 0 amide bonds. The molecule has 1 aromatic carbocycles. The second-order valence-corrected chi connectivity index (χ2v) is 4.79. The minimum absolute atomic E-state index is 0.440. The van der Waals surface area contributed by atoms with Gasteiger partial charge < -0.3 is 9.61 Å². The molecule has 6 nitrogen and oxygen atoms in total. The predicted molar refractivity (Wildman–Crippen MR) is 73.8 cm³/mol. The zero-order chi connectivity index (χ0) is 14.5. The third-order valence-corrected chi connectivity index (χ3v) is 3.41. The monoisotopic (exact) mass is 279 g/mol. The minimum atomic E-state index is -0.811. The average Bonchev–Trinajstić information content (AvgIpc) is 2.43. The highest BCUT2D eigenvalue weighted by atomic mass is 19.1. The van der Waals surface area contributed by atoms with Crippen molar-refractivity contribution < 1.29 is 14.1 Å². The van der Waals surface area contributed by atoms with Crippen LogP contribution in [0.1, 0.15) is 5.56 Å². The fraction of sp³-hybridized carbons (Fsp3) is 0.417. The summed E-state index contributed by atoms with van der Waals surface area (Å²) in [6.07, 6.45) is 0.888. The lowest BCUT2D eigenvalue weighted by Crippen LogP contribution is -2.47. The number of carbonyl (C=O) groups is 1. The van der Waals surface area contributed by atoms with Crippen LogP contribution in [0, 0.1) is 15.9 Å². The van der Waals surface area contributed by atoms with Crippen molar-refractivity contribution in [3.05, 3.63) is 39.7 Å². The summed E-state index contributed by atoms with van der Waals surface area (Å²) >= 11 is 0. The standard InChI is InChI=1S/C12H15BFN3O3/c14-11-2-1-10(7-12(11)17(19)20)8-15-3-5-16(6-4-15)13-9-18/h1-2,7,9,13H,3-6,8H2. The van der Waals surface area contributed by atoms with Crippen molar-refractivity contribution in [3.63, 3.8) is 0 Å². The molecule has 1 aliphatic heterocycles. The summed E-state index contributed by atoms with van der Waals surface area (Å²) in [4.78, 5) is 24.6. The van der Waals surface area contributed by atoms with Crippen molar-refractivity contribution in [1.29, 1.82) is 0 Å². The molecule has 20 heavy (non-hydrogen) atoms. The number of nitro groups is 1. The lowest BCUT2D eigenvalue weighted by molar-refractivity contribution is -0.387. The summed E-state index contributed by atoms with van der Waals surface area (Å²) in [5.41, 5.74) is 0.240. The summed E-state index contributed by atoms with van der Waals surface area (Å²) in [5, 5.41) is 10.7. The van der Waals surface area contributed by atoms with Crippen molar-refractivity contribution in [3.8, 4) is 0 Å². The molecule has 106 valence electrons. The van der Waals surface area contributed by atoms with Crippen LogP contribution in [0.4, 0.5) is 10.1 Å². The normalized spacial score (nSPS) is 16.9. The first-order valence-electron chi connectivity index (χ1n) is 6.41. The summed E-state index contributed by atoms with van der Waals surface area (Å²) in [5.74, 6) is -0.811. The summed E-state index contributed by atoms with van der Waals surface area (Å²) < 4.78 is 13.2. The molecule has 0 aliphatic carbocycles. The third kappa shape index (κ3) is 3.61. The van der Waals surface area contributed by atoms with E-state index in [1.165, 1.54) is 6.07 Å². The molecule has 1 aromatic rings. The van der Waals surface area contributed by atoms with Gasteiger partial charge in [0.2, 0.25) is 5.82 Å². The smallest absolute Gasteiger partial charge is 0.305 e. The van der Waals surface area contributed by atoms with Crippen LogP contribution in [-0.2, 0) is 11.3 Å². The highest BCUT2D eigenvalue weighted by Gasteiger charge is 2.19. The lowest BCUT2D eigenvalue weighted by atomic mass is 9.93. The molecule has 0 N–H and O–H groups in total. The van der Waals surface area contributed by atoms with Crippen LogP contribution in [0.5, 0.6) is 0 Å². The molecule has 0 aromatic heterocycles. The van der Waals surface area contributed by atoms with E-state index in [1.807, 2.05) is 0 Å². The third-order valence-electron chi connectivity index (χ3n) is 3.41. The van der Waals surface area contributed by atoms with Crippen LogP contribution in [0.25, 0.3) is 0 Å². The Balaban J connectivity index is 1.96. The minimum Gasteiger partial charge on any atom is -0.336 e. The number of nitro benzene ring substituents is 1. The van der Waals surface area contributed by atoms with E-state index in [9.17, 15) is 19.3 Å². The number of carbonyl (C=O) groups excluding carboxylic acids is 1. The van der Waals surface area contributed by atoms with E-state index in [1.54, 1.807) is 6.07 Å². The van der Waals surface area contributed by atoms with Crippen molar-refractivity contribution in [2.75, 3.05) is 26.2 Å². The number of hydrogen-bond donors (Lipinski definition) is 0. The summed E-state index contributed by atoms with van der Waals surface area (Å²) in [6.45, 7) is 3.72. The first-order chi connectivity index (χ1) is 9.60. The van der Waals surface area contributed by atoms with E-state index in [4.69, 9.17) is 0 Å². The van der Waals surface area contributed by atoms with Crippen molar-refractivity contribution in [2.45, 2.75) is 6.54 Å². The van der Waals surface area contributed by atoms with Gasteiger partial charge in [0, 0.05) is 38.8 Å². The van der Waals surface area contributed by atoms with Gasteiger partial charge in [-0.3, -0.25) is 15.0 Å². The van der Waals surface area contributed by atoms with Gasteiger partial charge in [-0.25, -0.2) is 0 Å². The highest BCUT2D eigenvalue weighted by Crippen LogP contribution is 2.19. The summed E-state index contributed by atoms with van der Waals surface area (Å²) in [7, 11) is 0.440. The van der Waals surface area contributed by atoms with Gasteiger partial charge in [0.05, 0.1) is 11.1 Å². The van der Waals surface area contributed by atoms with Gasteiger partial charge in [-0.05, 0) is 11.6 Å². The Morgan fingerprint density at radius 3 is 2.65 bits per heavy atom. The van der Waals surface area contributed by atoms with Crippen LogP contribution in [0.2, 0.25) is 0 Å². The first-order valence-corrected chi connectivity index (χ1v) is 6.41.